The van der Waals surface area contributed by atoms with Crippen LogP contribution in [0.5, 0.6) is 0 Å². The normalized spacial score (nSPS) is 23.4. The van der Waals surface area contributed by atoms with E-state index in [0.717, 1.165) is 17.9 Å². The molecule has 1 aliphatic heterocycles. The Hall–Kier alpha value is -1.43. The molecule has 3 atom stereocenters. The molecule has 11 heteroatoms. The van der Waals surface area contributed by atoms with Crippen LogP contribution in [0.3, 0.4) is 0 Å². The van der Waals surface area contributed by atoms with Gasteiger partial charge in [-0.15, -0.1) is 0 Å². The van der Waals surface area contributed by atoms with Crippen molar-refractivity contribution in [3.05, 3.63) is 0 Å². The number of carbonyl (C=O) groups is 2. The summed E-state index contributed by atoms with van der Waals surface area (Å²) in [6, 6.07) is -1.95. The molecule has 0 radical (unpaired) electrons. The highest BCUT2D eigenvalue weighted by molar-refractivity contribution is 7.84. The summed E-state index contributed by atoms with van der Waals surface area (Å²) < 4.78 is 36.7. The number of nitrogens with zero attached hydrogens (tertiary/aromatic N) is 1. The molecular weight excluding hydrogens is 378 g/mol. The van der Waals surface area contributed by atoms with Crippen molar-refractivity contribution >= 4 is 22.4 Å². The molecule has 3 N–H and O–H groups in total. The predicted octanol–water partition coefficient (Wildman–Crippen LogP) is 1.38. The number of hydrogen-bond donors (Lipinski definition) is 3. The fourth-order valence-corrected chi connectivity index (χ4v) is 4.07. The molecule has 1 saturated heterocycles. The number of rotatable bonds is 9. The molecule has 1 fully saturated rings. The number of ether oxygens (including phenoxy) is 1. The van der Waals surface area contributed by atoms with Crippen LogP contribution < -0.4 is 10.1 Å². The minimum atomic E-state index is -4.09. The first kappa shape index (κ1) is 23.6. The van der Waals surface area contributed by atoms with Crippen molar-refractivity contribution in [3.8, 4) is 0 Å². The summed E-state index contributed by atoms with van der Waals surface area (Å²) >= 11 is 0. The molecule has 1 unspecified atom stereocenters. The number of esters is 1. The molecule has 1 rings (SSSR count). The van der Waals surface area contributed by atoms with Gasteiger partial charge in [-0.05, 0) is 20.3 Å². The van der Waals surface area contributed by atoms with E-state index < -0.39 is 40.6 Å². The molecule has 0 bridgehead atoms. The fraction of sp³-hybridized carbons (Fsp3) is 0.875. The van der Waals surface area contributed by atoms with Crippen LogP contribution in [0.1, 0.15) is 59.8 Å². The van der Waals surface area contributed by atoms with E-state index in [1.165, 1.54) is 6.92 Å². The van der Waals surface area contributed by atoms with Gasteiger partial charge in [0.25, 0.3) is 0 Å². The smallest absolute Gasteiger partial charge is 0.422 e. The average Bonchev–Trinajstić information content (AvgIpc) is 2.67. The van der Waals surface area contributed by atoms with Gasteiger partial charge >= 0.3 is 22.4 Å². The Labute approximate surface area is 160 Å². The van der Waals surface area contributed by atoms with Crippen LogP contribution in [0.2, 0.25) is 0 Å². The molecule has 0 aromatic heterocycles. The van der Waals surface area contributed by atoms with E-state index in [9.17, 15) is 23.1 Å². The van der Waals surface area contributed by atoms with Crippen molar-refractivity contribution < 1.29 is 32.0 Å². The predicted molar refractivity (Wildman–Crippen MR) is 98.0 cm³/mol. The van der Waals surface area contributed by atoms with E-state index in [1.54, 1.807) is 13.8 Å². The number of unbranched alkanes of at least 4 members (excludes halogenated alkanes) is 2. The van der Waals surface area contributed by atoms with Gasteiger partial charge in [-0.1, -0.05) is 26.2 Å². The lowest BCUT2D eigenvalue weighted by molar-refractivity contribution is -0.149. The second-order valence-electron chi connectivity index (χ2n) is 6.86. The zero-order valence-electron chi connectivity index (χ0n) is 16.3. The quantitative estimate of drug-likeness (QED) is 0.295. The van der Waals surface area contributed by atoms with Gasteiger partial charge in [0, 0.05) is 19.4 Å². The first-order valence-electron chi connectivity index (χ1n) is 9.19. The number of nitrogens with one attached hydrogen (secondary N) is 2. The number of hydrazine groups is 1. The lowest BCUT2D eigenvalue weighted by Gasteiger charge is -2.38. The lowest BCUT2D eigenvalue weighted by atomic mass is 9.95. The second-order valence-corrected chi connectivity index (χ2v) is 8.24. The minimum absolute atomic E-state index is 0.135. The van der Waals surface area contributed by atoms with Crippen LogP contribution in [-0.4, -0.2) is 61.4 Å². The molecule has 158 valence electrons. The average molecular weight is 410 g/mol. The Morgan fingerprint density at radius 3 is 2.56 bits per heavy atom. The first-order valence-corrected chi connectivity index (χ1v) is 10.6. The molecular formula is C16H31N3O7S. The van der Waals surface area contributed by atoms with Crippen molar-refractivity contribution in [2.75, 3.05) is 6.61 Å². The first-order chi connectivity index (χ1) is 12.6. The van der Waals surface area contributed by atoms with Gasteiger partial charge in [-0.3, -0.25) is 8.98 Å². The summed E-state index contributed by atoms with van der Waals surface area (Å²) in [6.07, 6.45) is 0.917. The van der Waals surface area contributed by atoms with Gasteiger partial charge < -0.3 is 9.84 Å². The van der Waals surface area contributed by atoms with Gasteiger partial charge in [-0.2, -0.15) is 13.1 Å². The van der Waals surface area contributed by atoms with E-state index in [-0.39, 0.29) is 19.1 Å². The van der Waals surface area contributed by atoms with E-state index in [1.807, 2.05) is 6.92 Å². The minimum Gasteiger partial charge on any atom is -0.464 e. The molecule has 1 heterocycles. The summed E-state index contributed by atoms with van der Waals surface area (Å²) in [5.41, 5.74) is 2.84. The topological polar surface area (TPSA) is 134 Å². The zero-order chi connectivity index (χ0) is 20.6. The third-order valence-electron chi connectivity index (χ3n) is 4.09. The second kappa shape index (κ2) is 10.8. The molecule has 0 aromatic rings. The summed E-state index contributed by atoms with van der Waals surface area (Å²) in [5.74, 6) is -0.572. The van der Waals surface area contributed by atoms with Crippen molar-refractivity contribution in [3.63, 3.8) is 0 Å². The van der Waals surface area contributed by atoms with Crippen LogP contribution in [0, 0.1) is 0 Å². The maximum Gasteiger partial charge on any atom is 0.422 e. The van der Waals surface area contributed by atoms with Crippen molar-refractivity contribution in [1.29, 1.82) is 0 Å². The van der Waals surface area contributed by atoms with E-state index in [2.05, 4.69) is 10.1 Å². The van der Waals surface area contributed by atoms with E-state index in [0.29, 0.717) is 12.8 Å². The van der Waals surface area contributed by atoms with Crippen LogP contribution >= 0.6 is 0 Å². The molecule has 10 nitrogen and oxygen atoms in total. The van der Waals surface area contributed by atoms with Crippen molar-refractivity contribution in [1.82, 2.24) is 15.2 Å². The van der Waals surface area contributed by atoms with Crippen LogP contribution in [0.4, 0.5) is 4.79 Å². The summed E-state index contributed by atoms with van der Waals surface area (Å²) in [4.78, 5) is 23.4. The van der Waals surface area contributed by atoms with E-state index in [4.69, 9.17) is 8.92 Å². The van der Waals surface area contributed by atoms with Gasteiger partial charge in [0.2, 0.25) is 0 Å². The highest BCUT2D eigenvalue weighted by Gasteiger charge is 2.42. The Balaban J connectivity index is 3.27. The summed E-state index contributed by atoms with van der Waals surface area (Å²) in [7, 11) is -4.09. The maximum atomic E-state index is 12.1. The Morgan fingerprint density at radius 1 is 1.37 bits per heavy atom. The molecule has 0 aromatic carbocycles. The van der Waals surface area contributed by atoms with Crippen LogP contribution in [0.25, 0.3) is 0 Å². The maximum absolute atomic E-state index is 12.1. The van der Waals surface area contributed by atoms with Gasteiger partial charge in [0.1, 0.15) is 6.10 Å². The third kappa shape index (κ3) is 7.99. The molecule has 1 aliphatic rings. The highest BCUT2D eigenvalue weighted by atomic mass is 32.2. The molecule has 0 saturated carbocycles. The number of carboxylic acid groups (broad SMARTS) is 1. The standard InChI is InChI=1S/C16H31N3O7S/c1-5-6-7-8-13(19(16(21)22)17-11(2)3)15-14(26-12(4)20)9-10-25-27(23,24)18-15/h11,13-15,17-18H,5-10H2,1-4H3,(H,21,22)/t13-,14+,15?/m0/s1. The van der Waals surface area contributed by atoms with Crippen molar-refractivity contribution in [2.45, 2.75) is 84.0 Å². The van der Waals surface area contributed by atoms with Crippen LogP contribution in [0.15, 0.2) is 0 Å². The molecule has 27 heavy (non-hydrogen) atoms. The number of hydrogen-bond acceptors (Lipinski definition) is 7. The largest absolute Gasteiger partial charge is 0.464 e. The number of amides is 1. The van der Waals surface area contributed by atoms with E-state index >= 15 is 0 Å². The lowest BCUT2D eigenvalue weighted by Crippen LogP contribution is -2.62. The summed E-state index contributed by atoms with van der Waals surface area (Å²) in [5, 5.41) is 10.7. The fourth-order valence-electron chi connectivity index (χ4n) is 3.05. The Kier molecular flexibility index (Phi) is 9.43. The molecule has 0 spiro atoms. The van der Waals surface area contributed by atoms with Crippen molar-refractivity contribution in [2.24, 2.45) is 0 Å². The highest BCUT2D eigenvalue weighted by Crippen LogP contribution is 2.22. The summed E-state index contributed by atoms with van der Waals surface area (Å²) in [6.45, 7) is 6.65. The van der Waals surface area contributed by atoms with Crippen LogP contribution in [-0.2, 0) is 24.0 Å². The zero-order valence-corrected chi connectivity index (χ0v) is 17.1. The number of carbonyl (C=O) groups excluding carboxylic acids is 1. The Bertz CT molecular complexity index is 597. The third-order valence-corrected chi connectivity index (χ3v) is 5.13. The SMILES string of the molecule is CCCCC[C@@H](C1NS(=O)(=O)OCC[C@H]1OC(C)=O)N(NC(C)C)C(=O)O. The molecule has 1 amide bonds. The molecule has 0 aliphatic carbocycles. The monoisotopic (exact) mass is 409 g/mol. The van der Waals surface area contributed by atoms with Gasteiger partial charge in [0.05, 0.1) is 18.7 Å². The Morgan fingerprint density at radius 2 is 2.04 bits per heavy atom. The van der Waals surface area contributed by atoms with Gasteiger partial charge in [0.15, 0.2) is 0 Å². The van der Waals surface area contributed by atoms with Gasteiger partial charge in [-0.25, -0.2) is 15.2 Å².